The van der Waals surface area contributed by atoms with Crippen molar-refractivity contribution in [1.29, 1.82) is 5.41 Å². The number of hydrogen-bond donors (Lipinski definition) is 3. The molecular formula is C16H26N4O3. The fourth-order valence-electron chi connectivity index (χ4n) is 2.43. The molecule has 0 fully saturated rings. The molecule has 7 nitrogen and oxygen atoms in total. The number of benzene rings is 1. The first kappa shape index (κ1) is 18.6. The van der Waals surface area contributed by atoms with E-state index in [0.29, 0.717) is 18.0 Å². The third-order valence-corrected chi connectivity index (χ3v) is 3.49. The molecule has 0 aliphatic carbocycles. The van der Waals surface area contributed by atoms with E-state index in [2.05, 4.69) is 10.6 Å². The SMILES string of the molecule is CCCNC(=N)NC(=O)N(C)c1c(C)cc(OC)c(OC)c1C. The van der Waals surface area contributed by atoms with Gasteiger partial charge >= 0.3 is 6.03 Å². The summed E-state index contributed by atoms with van der Waals surface area (Å²) in [6.07, 6.45) is 0.877. The summed E-state index contributed by atoms with van der Waals surface area (Å²) in [7, 11) is 4.80. The van der Waals surface area contributed by atoms with Crippen LogP contribution in [0.1, 0.15) is 24.5 Å². The van der Waals surface area contributed by atoms with Crippen molar-refractivity contribution >= 4 is 17.7 Å². The summed E-state index contributed by atoms with van der Waals surface area (Å²) in [5.41, 5.74) is 2.41. The van der Waals surface area contributed by atoms with Crippen LogP contribution in [0.25, 0.3) is 0 Å². The van der Waals surface area contributed by atoms with Gasteiger partial charge in [-0.1, -0.05) is 6.92 Å². The lowest BCUT2D eigenvalue weighted by atomic mass is 10.1. The summed E-state index contributed by atoms with van der Waals surface area (Å²) in [6.45, 7) is 6.39. The monoisotopic (exact) mass is 322 g/mol. The summed E-state index contributed by atoms with van der Waals surface area (Å²) >= 11 is 0. The highest BCUT2D eigenvalue weighted by molar-refractivity contribution is 6.03. The van der Waals surface area contributed by atoms with Gasteiger partial charge in [-0.2, -0.15) is 0 Å². The Bertz CT molecular complexity index is 587. The van der Waals surface area contributed by atoms with Gasteiger partial charge in [0, 0.05) is 19.2 Å². The number of methoxy groups -OCH3 is 2. The zero-order chi connectivity index (χ0) is 17.6. The van der Waals surface area contributed by atoms with Gasteiger partial charge in [-0.25, -0.2) is 4.79 Å². The van der Waals surface area contributed by atoms with E-state index in [0.717, 1.165) is 23.2 Å². The number of ether oxygens (including phenoxy) is 2. The van der Waals surface area contributed by atoms with Crippen molar-refractivity contribution in [1.82, 2.24) is 10.6 Å². The lowest BCUT2D eigenvalue weighted by molar-refractivity contribution is 0.251. The number of nitrogens with zero attached hydrogens (tertiary/aromatic N) is 1. The average molecular weight is 322 g/mol. The van der Waals surface area contributed by atoms with Gasteiger partial charge in [-0.3, -0.25) is 15.6 Å². The van der Waals surface area contributed by atoms with E-state index in [1.54, 1.807) is 21.3 Å². The lowest BCUT2D eigenvalue weighted by Crippen LogP contribution is -2.46. The highest BCUT2D eigenvalue weighted by Crippen LogP contribution is 2.39. The molecule has 0 aliphatic heterocycles. The number of aryl methyl sites for hydroxylation is 1. The summed E-state index contributed by atoms with van der Waals surface area (Å²) in [4.78, 5) is 13.8. The van der Waals surface area contributed by atoms with Crippen LogP contribution in [0.3, 0.4) is 0 Å². The zero-order valence-corrected chi connectivity index (χ0v) is 14.7. The Labute approximate surface area is 137 Å². The summed E-state index contributed by atoms with van der Waals surface area (Å²) < 4.78 is 10.7. The minimum atomic E-state index is -0.392. The molecule has 1 aromatic carbocycles. The molecule has 0 radical (unpaired) electrons. The van der Waals surface area contributed by atoms with Crippen LogP contribution < -0.4 is 25.0 Å². The number of rotatable bonds is 5. The van der Waals surface area contributed by atoms with Crippen LogP contribution in [0.4, 0.5) is 10.5 Å². The Morgan fingerprint density at radius 3 is 2.48 bits per heavy atom. The van der Waals surface area contributed by atoms with Crippen molar-refractivity contribution in [3.63, 3.8) is 0 Å². The number of urea groups is 1. The third kappa shape index (κ3) is 4.28. The van der Waals surface area contributed by atoms with Crippen molar-refractivity contribution in [2.24, 2.45) is 0 Å². The Hall–Kier alpha value is -2.44. The fraction of sp³-hybridized carbons (Fsp3) is 0.500. The normalized spacial score (nSPS) is 10.0. The van der Waals surface area contributed by atoms with E-state index in [1.165, 1.54) is 4.90 Å². The number of anilines is 1. The van der Waals surface area contributed by atoms with Crippen LogP contribution in [-0.2, 0) is 0 Å². The van der Waals surface area contributed by atoms with Gasteiger partial charge in [0.1, 0.15) is 0 Å². The number of carbonyl (C=O) groups excluding carboxylic acids is 1. The first-order valence-corrected chi connectivity index (χ1v) is 7.46. The fourth-order valence-corrected chi connectivity index (χ4v) is 2.43. The largest absolute Gasteiger partial charge is 0.493 e. The molecule has 0 atom stereocenters. The maximum atomic E-state index is 12.3. The van der Waals surface area contributed by atoms with Gasteiger partial charge < -0.3 is 14.8 Å². The van der Waals surface area contributed by atoms with Crippen molar-refractivity contribution in [3.05, 3.63) is 17.2 Å². The zero-order valence-electron chi connectivity index (χ0n) is 14.7. The molecule has 2 amide bonds. The molecule has 23 heavy (non-hydrogen) atoms. The second-order valence-corrected chi connectivity index (χ2v) is 5.19. The second-order valence-electron chi connectivity index (χ2n) is 5.19. The topological polar surface area (TPSA) is 86.7 Å². The van der Waals surface area contributed by atoms with Crippen LogP contribution in [0.15, 0.2) is 6.07 Å². The standard InChI is InChI=1S/C16H26N4O3/c1-7-8-18-15(17)19-16(21)20(4)13-10(2)9-12(22-5)14(23-6)11(13)3/h9H,7-8H2,1-6H3,(H3,17,18,19,21). The van der Waals surface area contributed by atoms with Crippen LogP contribution in [0, 0.1) is 19.3 Å². The molecule has 0 saturated carbocycles. The van der Waals surface area contributed by atoms with Crippen LogP contribution in [-0.4, -0.2) is 39.8 Å². The van der Waals surface area contributed by atoms with E-state index in [1.807, 2.05) is 26.8 Å². The Kier molecular flexibility index (Phi) is 6.68. The quantitative estimate of drug-likeness (QED) is 0.574. The Morgan fingerprint density at radius 1 is 1.30 bits per heavy atom. The van der Waals surface area contributed by atoms with Crippen LogP contribution in [0.5, 0.6) is 11.5 Å². The van der Waals surface area contributed by atoms with Gasteiger partial charge in [-0.15, -0.1) is 0 Å². The maximum Gasteiger partial charge on any atom is 0.328 e. The first-order chi connectivity index (χ1) is 10.9. The average Bonchev–Trinajstić information content (AvgIpc) is 2.51. The van der Waals surface area contributed by atoms with Gasteiger partial charge in [-0.05, 0) is 31.9 Å². The number of nitrogens with one attached hydrogen (secondary N) is 3. The maximum absolute atomic E-state index is 12.3. The molecule has 0 unspecified atom stereocenters. The number of hydrogen-bond acceptors (Lipinski definition) is 4. The van der Waals surface area contributed by atoms with Gasteiger partial charge in [0.25, 0.3) is 0 Å². The van der Waals surface area contributed by atoms with E-state index in [9.17, 15) is 4.79 Å². The Balaban J connectivity index is 3.05. The summed E-state index contributed by atoms with van der Waals surface area (Å²) in [6, 6.07) is 1.43. The second kappa shape index (κ2) is 8.26. The van der Waals surface area contributed by atoms with Crippen LogP contribution in [0.2, 0.25) is 0 Å². The van der Waals surface area contributed by atoms with Crippen molar-refractivity contribution in [2.45, 2.75) is 27.2 Å². The lowest BCUT2D eigenvalue weighted by Gasteiger charge is -2.24. The molecule has 1 rings (SSSR count). The summed E-state index contributed by atoms with van der Waals surface area (Å²) in [5.74, 6) is 1.20. The molecule has 1 aromatic rings. The highest BCUT2D eigenvalue weighted by atomic mass is 16.5. The van der Waals surface area contributed by atoms with Gasteiger partial charge in [0.2, 0.25) is 0 Å². The Morgan fingerprint density at radius 2 is 1.96 bits per heavy atom. The van der Waals surface area contributed by atoms with Crippen molar-refractivity contribution in [3.8, 4) is 11.5 Å². The molecule has 0 aliphatic rings. The molecule has 128 valence electrons. The molecular weight excluding hydrogens is 296 g/mol. The predicted octanol–water partition coefficient (Wildman–Crippen LogP) is 2.40. The third-order valence-electron chi connectivity index (χ3n) is 3.49. The minimum Gasteiger partial charge on any atom is -0.493 e. The number of amides is 2. The van der Waals surface area contributed by atoms with Crippen molar-refractivity contribution in [2.75, 3.05) is 32.7 Å². The van der Waals surface area contributed by atoms with Crippen LogP contribution >= 0.6 is 0 Å². The molecule has 7 heteroatoms. The molecule has 3 N–H and O–H groups in total. The highest BCUT2D eigenvalue weighted by Gasteiger charge is 2.21. The smallest absolute Gasteiger partial charge is 0.328 e. The first-order valence-electron chi connectivity index (χ1n) is 7.46. The predicted molar refractivity (Wildman–Crippen MR) is 92.0 cm³/mol. The van der Waals surface area contributed by atoms with Gasteiger partial charge in [0.05, 0.1) is 19.9 Å². The minimum absolute atomic E-state index is 0.0144. The van der Waals surface area contributed by atoms with E-state index >= 15 is 0 Å². The van der Waals surface area contributed by atoms with Gasteiger partial charge in [0.15, 0.2) is 17.5 Å². The molecule has 0 heterocycles. The van der Waals surface area contributed by atoms with Crippen molar-refractivity contribution < 1.29 is 14.3 Å². The molecule has 0 spiro atoms. The van der Waals surface area contributed by atoms with E-state index in [4.69, 9.17) is 14.9 Å². The van der Waals surface area contributed by atoms with E-state index in [-0.39, 0.29) is 5.96 Å². The van der Waals surface area contributed by atoms with E-state index < -0.39 is 6.03 Å². The molecule has 0 aromatic heterocycles. The number of guanidine groups is 1. The summed E-state index contributed by atoms with van der Waals surface area (Å²) in [5, 5.41) is 13.1. The molecule has 0 saturated heterocycles. The number of carbonyl (C=O) groups is 1. The molecule has 0 bridgehead atoms.